The van der Waals surface area contributed by atoms with E-state index in [9.17, 15) is 0 Å². The molecule has 0 aliphatic carbocycles. The Bertz CT molecular complexity index is 728. The van der Waals surface area contributed by atoms with Gasteiger partial charge < -0.3 is 5.73 Å². The van der Waals surface area contributed by atoms with E-state index >= 15 is 0 Å². The first kappa shape index (κ1) is 13.4. The Labute approximate surface area is 126 Å². The molecule has 0 saturated heterocycles. The maximum Gasteiger partial charge on any atom is 0.0349 e. The minimum atomic E-state index is 0.848. The fraction of sp³-hybridized carbons (Fsp3) is 0.100. The maximum absolute atomic E-state index is 5.99. The highest BCUT2D eigenvalue weighted by molar-refractivity contribution is 5.69. The molecule has 1 heteroatoms. The van der Waals surface area contributed by atoms with E-state index in [-0.39, 0.29) is 0 Å². The monoisotopic (exact) mass is 273 g/mol. The number of aryl methyl sites for hydroxylation is 1. The first-order chi connectivity index (χ1) is 10.2. The number of hydrogen-bond acceptors (Lipinski definition) is 1. The second kappa shape index (κ2) is 5.84. The minimum absolute atomic E-state index is 0.848. The van der Waals surface area contributed by atoms with Gasteiger partial charge in [-0.3, -0.25) is 0 Å². The molecular weight excluding hydrogens is 254 g/mol. The van der Waals surface area contributed by atoms with E-state index in [1.165, 1.54) is 22.3 Å². The highest BCUT2D eigenvalue weighted by Crippen LogP contribution is 2.24. The third-order valence-electron chi connectivity index (χ3n) is 3.82. The summed E-state index contributed by atoms with van der Waals surface area (Å²) in [6.45, 7) is 2.03. The number of rotatable bonds is 3. The molecule has 0 spiro atoms. The molecule has 0 fully saturated rings. The molecule has 2 N–H and O–H groups in total. The van der Waals surface area contributed by atoms with Crippen LogP contribution in [0.1, 0.15) is 16.7 Å². The van der Waals surface area contributed by atoms with Crippen LogP contribution in [-0.2, 0) is 6.42 Å². The molecule has 0 bridgehead atoms. The fourth-order valence-electron chi connectivity index (χ4n) is 2.47. The van der Waals surface area contributed by atoms with Crippen LogP contribution in [0.2, 0.25) is 0 Å². The van der Waals surface area contributed by atoms with Crippen molar-refractivity contribution in [3.8, 4) is 11.1 Å². The van der Waals surface area contributed by atoms with E-state index in [2.05, 4.69) is 60.7 Å². The average molecular weight is 273 g/mol. The maximum atomic E-state index is 5.99. The van der Waals surface area contributed by atoms with Crippen LogP contribution in [0.4, 0.5) is 5.69 Å². The number of benzene rings is 3. The number of nitrogens with two attached hydrogens (primary N) is 1. The Balaban J connectivity index is 1.82. The van der Waals surface area contributed by atoms with Crippen molar-refractivity contribution in [3.63, 3.8) is 0 Å². The molecule has 3 rings (SSSR count). The topological polar surface area (TPSA) is 26.0 Å². The van der Waals surface area contributed by atoms with Crippen LogP contribution < -0.4 is 5.73 Å². The van der Waals surface area contributed by atoms with E-state index in [1.807, 2.05) is 19.1 Å². The van der Waals surface area contributed by atoms with Crippen LogP contribution >= 0.6 is 0 Å². The van der Waals surface area contributed by atoms with Gasteiger partial charge in [0.2, 0.25) is 0 Å². The van der Waals surface area contributed by atoms with Crippen molar-refractivity contribution < 1.29 is 0 Å². The van der Waals surface area contributed by atoms with Gasteiger partial charge in [-0.15, -0.1) is 0 Å². The third-order valence-corrected chi connectivity index (χ3v) is 3.82. The van der Waals surface area contributed by atoms with Crippen LogP contribution in [-0.4, -0.2) is 0 Å². The Hall–Kier alpha value is -2.54. The zero-order valence-corrected chi connectivity index (χ0v) is 12.2. The molecular formula is C20H19N. The Kier molecular flexibility index (Phi) is 3.74. The van der Waals surface area contributed by atoms with Crippen molar-refractivity contribution in [1.82, 2.24) is 0 Å². The fourth-order valence-corrected chi connectivity index (χ4v) is 2.47. The van der Waals surface area contributed by atoms with Crippen LogP contribution in [0.25, 0.3) is 11.1 Å². The lowest BCUT2D eigenvalue weighted by molar-refractivity contribution is 1.19. The number of anilines is 1. The molecule has 0 amide bonds. The highest BCUT2D eigenvalue weighted by Gasteiger charge is 2.01. The van der Waals surface area contributed by atoms with E-state index in [0.717, 1.165) is 17.7 Å². The summed E-state index contributed by atoms with van der Waals surface area (Å²) in [5.41, 5.74) is 13.0. The van der Waals surface area contributed by atoms with Crippen LogP contribution in [0.3, 0.4) is 0 Å². The van der Waals surface area contributed by atoms with Crippen LogP contribution in [0, 0.1) is 6.92 Å². The lowest BCUT2D eigenvalue weighted by Gasteiger charge is -2.07. The molecule has 0 radical (unpaired) electrons. The zero-order chi connectivity index (χ0) is 14.7. The smallest absolute Gasteiger partial charge is 0.0349 e. The number of nitrogen functional groups attached to an aromatic ring is 1. The van der Waals surface area contributed by atoms with E-state index < -0.39 is 0 Å². The molecule has 0 aromatic heterocycles. The molecule has 21 heavy (non-hydrogen) atoms. The van der Waals surface area contributed by atoms with Gasteiger partial charge in [0.05, 0.1) is 0 Å². The van der Waals surface area contributed by atoms with Gasteiger partial charge in [-0.2, -0.15) is 0 Å². The lowest BCUT2D eigenvalue weighted by Crippen LogP contribution is -1.91. The Morgan fingerprint density at radius 3 is 2.00 bits per heavy atom. The molecule has 104 valence electrons. The highest BCUT2D eigenvalue weighted by atomic mass is 14.5. The minimum Gasteiger partial charge on any atom is -0.398 e. The zero-order valence-electron chi connectivity index (χ0n) is 12.2. The molecule has 0 heterocycles. The van der Waals surface area contributed by atoms with Crippen LogP contribution in [0.5, 0.6) is 0 Å². The van der Waals surface area contributed by atoms with Crippen molar-refractivity contribution in [3.05, 3.63) is 89.5 Å². The third kappa shape index (κ3) is 3.14. The lowest BCUT2D eigenvalue weighted by atomic mass is 9.99. The largest absolute Gasteiger partial charge is 0.398 e. The first-order valence-electron chi connectivity index (χ1n) is 7.22. The van der Waals surface area contributed by atoms with Crippen molar-refractivity contribution in [1.29, 1.82) is 0 Å². The van der Waals surface area contributed by atoms with Crippen molar-refractivity contribution in [2.45, 2.75) is 13.3 Å². The molecule has 0 atom stereocenters. The van der Waals surface area contributed by atoms with Gasteiger partial charge in [-0.1, -0.05) is 66.7 Å². The summed E-state index contributed by atoms with van der Waals surface area (Å²) in [5, 5.41) is 0. The summed E-state index contributed by atoms with van der Waals surface area (Å²) in [6.07, 6.45) is 0.969. The van der Waals surface area contributed by atoms with E-state index in [4.69, 9.17) is 5.73 Å². The van der Waals surface area contributed by atoms with Crippen molar-refractivity contribution in [2.75, 3.05) is 5.73 Å². The molecule has 0 aliphatic heterocycles. The van der Waals surface area contributed by atoms with E-state index in [0.29, 0.717) is 0 Å². The molecule has 3 aromatic carbocycles. The molecule has 0 aliphatic rings. The molecule has 3 aromatic rings. The van der Waals surface area contributed by atoms with Gasteiger partial charge in [0, 0.05) is 5.69 Å². The van der Waals surface area contributed by atoms with Crippen LogP contribution in [0.15, 0.2) is 72.8 Å². The SMILES string of the molecule is Cc1ccc(-c2ccc(Cc3ccccc3)cc2)cc1N. The summed E-state index contributed by atoms with van der Waals surface area (Å²) >= 11 is 0. The van der Waals surface area contributed by atoms with Crippen molar-refractivity contribution >= 4 is 5.69 Å². The first-order valence-corrected chi connectivity index (χ1v) is 7.22. The summed E-state index contributed by atoms with van der Waals surface area (Å²) in [4.78, 5) is 0. The molecule has 1 nitrogen and oxygen atoms in total. The average Bonchev–Trinajstić information content (AvgIpc) is 2.52. The van der Waals surface area contributed by atoms with Gasteiger partial charge in [0.25, 0.3) is 0 Å². The second-order valence-electron chi connectivity index (χ2n) is 5.43. The normalized spacial score (nSPS) is 10.5. The summed E-state index contributed by atoms with van der Waals surface area (Å²) in [5.74, 6) is 0. The van der Waals surface area contributed by atoms with Gasteiger partial charge in [-0.05, 0) is 47.2 Å². The van der Waals surface area contributed by atoms with Crippen molar-refractivity contribution in [2.24, 2.45) is 0 Å². The molecule has 0 saturated carbocycles. The predicted molar refractivity (Wildman–Crippen MR) is 90.3 cm³/mol. The predicted octanol–water partition coefficient (Wildman–Crippen LogP) is 4.84. The summed E-state index contributed by atoms with van der Waals surface area (Å²) in [6, 6.07) is 25.5. The molecule has 0 unspecified atom stereocenters. The number of hydrogen-bond donors (Lipinski definition) is 1. The van der Waals surface area contributed by atoms with E-state index in [1.54, 1.807) is 0 Å². The second-order valence-corrected chi connectivity index (χ2v) is 5.43. The Morgan fingerprint density at radius 2 is 1.33 bits per heavy atom. The van der Waals surface area contributed by atoms with Gasteiger partial charge in [0.15, 0.2) is 0 Å². The quantitative estimate of drug-likeness (QED) is 0.679. The summed E-state index contributed by atoms with van der Waals surface area (Å²) in [7, 11) is 0. The Morgan fingerprint density at radius 1 is 0.714 bits per heavy atom. The standard InChI is InChI=1S/C20H19N/c1-15-7-10-19(14-20(15)21)18-11-8-17(9-12-18)13-16-5-3-2-4-6-16/h2-12,14H,13,21H2,1H3. The van der Waals surface area contributed by atoms with Gasteiger partial charge in [-0.25, -0.2) is 0 Å². The van der Waals surface area contributed by atoms with Gasteiger partial charge in [0.1, 0.15) is 0 Å². The van der Waals surface area contributed by atoms with Gasteiger partial charge >= 0.3 is 0 Å². The summed E-state index contributed by atoms with van der Waals surface area (Å²) < 4.78 is 0.